The molecule has 0 bridgehead atoms. The number of aromatic nitrogens is 4. The van der Waals surface area contributed by atoms with Crippen LogP contribution in [0.5, 0.6) is 5.75 Å². The van der Waals surface area contributed by atoms with E-state index in [0.29, 0.717) is 42.6 Å². The number of ether oxygens (including phenoxy) is 1. The SMILES string of the molecule is COc1cccc(F)c1CCc1ccc(-c2ccc(CCC(=O)N(C)C)nc2)c2nncn12. The van der Waals surface area contributed by atoms with Crippen LogP contribution in [0, 0.1) is 5.82 Å². The maximum absolute atomic E-state index is 14.3. The summed E-state index contributed by atoms with van der Waals surface area (Å²) < 4.78 is 21.5. The number of nitrogens with zero attached hydrogens (tertiary/aromatic N) is 5. The molecule has 1 amide bonds. The molecule has 0 spiro atoms. The minimum absolute atomic E-state index is 0.0784. The first-order valence-corrected chi connectivity index (χ1v) is 10.8. The second-order valence-corrected chi connectivity index (χ2v) is 8.01. The fourth-order valence-corrected chi connectivity index (χ4v) is 3.81. The van der Waals surface area contributed by atoms with Crippen LogP contribution in [-0.2, 0) is 24.1 Å². The Bertz CT molecular complexity index is 1270. The molecule has 8 heteroatoms. The Kier molecular flexibility index (Phi) is 6.63. The Hall–Kier alpha value is -3.81. The largest absolute Gasteiger partial charge is 0.496 e. The summed E-state index contributed by atoms with van der Waals surface area (Å²) >= 11 is 0. The van der Waals surface area contributed by atoms with Gasteiger partial charge in [0.2, 0.25) is 5.91 Å². The first-order chi connectivity index (χ1) is 16.0. The number of methoxy groups -OCH3 is 1. The second-order valence-electron chi connectivity index (χ2n) is 8.01. The van der Waals surface area contributed by atoms with Gasteiger partial charge in [0, 0.05) is 54.8 Å². The van der Waals surface area contributed by atoms with Gasteiger partial charge < -0.3 is 9.64 Å². The summed E-state index contributed by atoms with van der Waals surface area (Å²) in [4.78, 5) is 17.9. The summed E-state index contributed by atoms with van der Waals surface area (Å²) in [6.07, 6.45) is 5.57. The van der Waals surface area contributed by atoms with Crippen LogP contribution in [0.4, 0.5) is 4.39 Å². The molecule has 0 N–H and O–H groups in total. The molecule has 0 aliphatic heterocycles. The highest BCUT2D eigenvalue weighted by Gasteiger charge is 2.14. The molecule has 4 rings (SSSR count). The summed E-state index contributed by atoms with van der Waals surface area (Å²) in [7, 11) is 5.04. The number of aryl methyl sites for hydroxylation is 2. The first kappa shape index (κ1) is 22.4. The zero-order valence-electron chi connectivity index (χ0n) is 19.0. The van der Waals surface area contributed by atoms with Gasteiger partial charge in [0.1, 0.15) is 17.9 Å². The molecule has 3 aromatic heterocycles. The molecule has 0 unspecified atom stereocenters. The van der Waals surface area contributed by atoms with Crippen LogP contribution < -0.4 is 4.74 Å². The summed E-state index contributed by atoms with van der Waals surface area (Å²) in [6.45, 7) is 0. The van der Waals surface area contributed by atoms with Crippen LogP contribution >= 0.6 is 0 Å². The van der Waals surface area contributed by atoms with E-state index in [9.17, 15) is 9.18 Å². The predicted molar refractivity (Wildman–Crippen MR) is 124 cm³/mol. The molecule has 0 aliphatic carbocycles. The van der Waals surface area contributed by atoms with Gasteiger partial charge in [-0.2, -0.15) is 0 Å². The van der Waals surface area contributed by atoms with Gasteiger partial charge in [-0.3, -0.25) is 14.2 Å². The van der Waals surface area contributed by atoms with Crippen molar-refractivity contribution in [2.75, 3.05) is 21.2 Å². The van der Waals surface area contributed by atoms with E-state index in [1.165, 1.54) is 6.07 Å². The number of benzene rings is 1. The number of carbonyl (C=O) groups excluding carboxylic acids is 1. The van der Waals surface area contributed by atoms with E-state index < -0.39 is 0 Å². The quantitative estimate of drug-likeness (QED) is 0.411. The molecule has 3 heterocycles. The van der Waals surface area contributed by atoms with Crippen LogP contribution in [0.15, 0.2) is 55.0 Å². The van der Waals surface area contributed by atoms with Gasteiger partial charge in [-0.1, -0.05) is 12.1 Å². The van der Waals surface area contributed by atoms with Gasteiger partial charge in [-0.25, -0.2) is 4.39 Å². The zero-order chi connectivity index (χ0) is 23.4. The summed E-state index contributed by atoms with van der Waals surface area (Å²) in [5.74, 6) is 0.351. The van der Waals surface area contributed by atoms with E-state index in [4.69, 9.17) is 4.74 Å². The lowest BCUT2D eigenvalue weighted by atomic mass is 10.0. The summed E-state index contributed by atoms with van der Waals surface area (Å²) in [6, 6.07) is 12.8. The van der Waals surface area contributed by atoms with Gasteiger partial charge in [0.15, 0.2) is 5.65 Å². The number of carbonyl (C=O) groups is 1. The number of fused-ring (bicyclic) bond motifs is 1. The fraction of sp³-hybridized carbons (Fsp3) is 0.280. The average molecular weight is 448 g/mol. The predicted octanol–water partition coefficient (Wildman–Crippen LogP) is 3.75. The van der Waals surface area contributed by atoms with Gasteiger partial charge in [-0.05, 0) is 49.6 Å². The molecule has 0 fully saturated rings. The minimum atomic E-state index is -0.274. The Morgan fingerprint density at radius 1 is 1.09 bits per heavy atom. The maximum Gasteiger partial charge on any atom is 0.222 e. The van der Waals surface area contributed by atoms with Crippen molar-refractivity contribution in [3.63, 3.8) is 0 Å². The number of halogens is 1. The van der Waals surface area contributed by atoms with Crippen molar-refractivity contribution in [3.8, 4) is 16.9 Å². The third-order valence-corrected chi connectivity index (χ3v) is 5.70. The minimum Gasteiger partial charge on any atom is -0.496 e. The summed E-state index contributed by atoms with van der Waals surface area (Å²) in [5, 5.41) is 8.39. The number of amides is 1. The van der Waals surface area contributed by atoms with Crippen LogP contribution in [0.2, 0.25) is 0 Å². The second kappa shape index (κ2) is 9.77. The van der Waals surface area contributed by atoms with Gasteiger partial charge in [-0.15, -0.1) is 10.2 Å². The smallest absolute Gasteiger partial charge is 0.222 e. The van der Waals surface area contributed by atoms with E-state index in [1.807, 2.05) is 28.7 Å². The molecule has 33 heavy (non-hydrogen) atoms. The zero-order valence-corrected chi connectivity index (χ0v) is 19.0. The molecular formula is C25H26FN5O2. The molecule has 4 aromatic rings. The molecule has 0 saturated heterocycles. The molecule has 0 atom stereocenters. The topological polar surface area (TPSA) is 72.6 Å². The Morgan fingerprint density at radius 3 is 2.67 bits per heavy atom. The van der Waals surface area contributed by atoms with Crippen molar-refractivity contribution in [2.45, 2.75) is 25.7 Å². The van der Waals surface area contributed by atoms with Crippen molar-refractivity contribution >= 4 is 11.6 Å². The highest BCUT2D eigenvalue weighted by atomic mass is 19.1. The third-order valence-electron chi connectivity index (χ3n) is 5.70. The summed E-state index contributed by atoms with van der Waals surface area (Å²) in [5.41, 5.74) is 4.92. The molecule has 170 valence electrons. The normalized spacial score (nSPS) is 11.0. The standard InChI is InChI=1S/C25H26FN5O2/c1-30(2)24(32)14-9-18-8-7-17(15-27-18)20-12-10-19(31-16-28-29-25(20)31)11-13-21-22(26)5-4-6-23(21)33-3/h4-8,10,12,15-16H,9,11,13-14H2,1-3H3. The third kappa shape index (κ3) is 4.84. The van der Waals surface area contributed by atoms with Crippen molar-refractivity contribution in [1.29, 1.82) is 0 Å². The Balaban J connectivity index is 1.54. The molecular weight excluding hydrogens is 421 g/mol. The highest BCUT2D eigenvalue weighted by molar-refractivity contribution is 5.77. The Labute approximate surface area is 191 Å². The average Bonchev–Trinajstić information content (AvgIpc) is 3.32. The lowest BCUT2D eigenvalue weighted by Gasteiger charge is -2.12. The molecule has 0 saturated carbocycles. The van der Waals surface area contributed by atoms with Crippen molar-refractivity contribution in [1.82, 2.24) is 24.5 Å². The van der Waals surface area contributed by atoms with Crippen LogP contribution in [0.3, 0.4) is 0 Å². The van der Waals surface area contributed by atoms with E-state index in [1.54, 1.807) is 50.8 Å². The van der Waals surface area contributed by atoms with Crippen molar-refractivity contribution in [2.24, 2.45) is 0 Å². The monoisotopic (exact) mass is 447 g/mol. The van der Waals surface area contributed by atoms with Gasteiger partial charge in [0.25, 0.3) is 0 Å². The number of hydrogen-bond donors (Lipinski definition) is 0. The molecule has 0 aliphatic rings. The fourth-order valence-electron chi connectivity index (χ4n) is 3.81. The number of hydrogen-bond acceptors (Lipinski definition) is 5. The molecule has 7 nitrogen and oxygen atoms in total. The molecule has 1 aromatic carbocycles. The van der Waals surface area contributed by atoms with Gasteiger partial charge in [0.05, 0.1) is 7.11 Å². The van der Waals surface area contributed by atoms with E-state index in [2.05, 4.69) is 15.2 Å². The maximum atomic E-state index is 14.3. The lowest BCUT2D eigenvalue weighted by molar-refractivity contribution is -0.128. The van der Waals surface area contributed by atoms with Gasteiger partial charge >= 0.3 is 0 Å². The van der Waals surface area contributed by atoms with Crippen LogP contribution in [-0.4, -0.2) is 51.6 Å². The lowest BCUT2D eigenvalue weighted by Crippen LogP contribution is -2.21. The van der Waals surface area contributed by atoms with E-state index in [-0.39, 0.29) is 11.7 Å². The van der Waals surface area contributed by atoms with Crippen LogP contribution in [0.1, 0.15) is 23.4 Å². The first-order valence-electron chi connectivity index (χ1n) is 10.8. The van der Waals surface area contributed by atoms with Crippen LogP contribution in [0.25, 0.3) is 16.8 Å². The number of pyridine rings is 2. The highest BCUT2D eigenvalue weighted by Crippen LogP contribution is 2.26. The van der Waals surface area contributed by atoms with E-state index >= 15 is 0 Å². The van der Waals surface area contributed by atoms with Crippen molar-refractivity contribution < 1.29 is 13.9 Å². The molecule has 0 radical (unpaired) electrons. The number of rotatable bonds is 8. The van der Waals surface area contributed by atoms with E-state index in [0.717, 1.165) is 22.5 Å². The Morgan fingerprint density at radius 2 is 1.94 bits per heavy atom. The van der Waals surface area contributed by atoms with Crippen molar-refractivity contribution in [3.05, 3.63) is 77.8 Å².